The largest absolute Gasteiger partial charge is 0.452 e. The van der Waals surface area contributed by atoms with Gasteiger partial charge in [-0.3, -0.25) is 4.79 Å². The zero-order valence-corrected chi connectivity index (χ0v) is 17.9. The van der Waals surface area contributed by atoms with E-state index in [4.69, 9.17) is 4.74 Å². The van der Waals surface area contributed by atoms with E-state index in [-0.39, 0.29) is 4.90 Å². The summed E-state index contributed by atoms with van der Waals surface area (Å²) in [6.07, 6.45) is 0. The third kappa shape index (κ3) is 5.55. The smallest absolute Gasteiger partial charge is 0.338 e. The van der Waals surface area contributed by atoms with Crippen molar-refractivity contribution in [2.75, 3.05) is 45.0 Å². The number of aryl methyl sites for hydroxylation is 1. The first kappa shape index (κ1) is 22.4. The molecule has 1 amide bonds. The molecule has 0 atom stereocenters. The molecule has 0 saturated heterocycles. The zero-order valence-electron chi connectivity index (χ0n) is 17.1. The molecule has 2 rings (SSSR count). The fraction of sp³-hybridized carbons (Fsp3) is 0.300. The van der Waals surface area contributed by atoms with E-state index in [0.717, 1.165) is 9.87 Å². The molecule has 0 aromatic heterocycles. The number of hydrogen-bond acceptors (Lipinski definition) is 6. The normalized spacial score (nSPS) is 11.2. The van der Waals surface area contributed by atoms with Crippen LogP contribution in [0.3, 0.4) is 0 Å². The number of amides is 1. The average molecular weight is 420 g/mol. The molecule has 0 aliphatic carbocycles. The van der Waals surface area contributed by atoms with Gasteiger partial charge in [-0.1, -0.05) is 17.7 Å². The van der Waals surface area contributed by atoms with Crippen molar-refractivity contribution >= 4 is 33.3 Å². The molecule has 156 valence electrons. The number of benzene rings is 2. The highest BCUT2D eigenvalue weighted by atomic mass is 32.2. The lowest BCUT2D eigenvalue weighted by Crippen LogP contribution is -2.24. The Morgan fingerprint density at radius 3 is 2.17 bits per heavy atom. The van der Waals surface area contributed by atoms with Crippen LogP contribution in [0, 0.1) is 6.92 Å². The first-order valence-corrected chi connectivity index (χ1v) is 10.2. The van der Waals surface area contributed by atoms with E-state index >= 15 is 0 Å². The number of sulfonamides is 1. The Morgan fingerprint density at radius 2 is 1.62 bits per heavy atom. The Kier molecular flexibility index (Phi) is 6.99. The average Bonchev–Trinajstić information content (AvgIpc) is 2.66. The second kappa shape index (κ2) is 9.06. The monoisotopic (exact) mass is 419 g/mol. The third-order valence-corrected chi connectivity index (χ3v) is 5.94. The maximum atomic E-state index is 12.4. The van der Waals surface area contributed by atoms with Gasteiger partial charge in [0.15, 0.2) is 6.61 Å². The molecule has 0 radical (unpaired) electrons. The van der Waals surface area contributed by atoms with Crippen LogP contribution < -0.4 is 10.2 Å². The molecule has 0 saturated carbocycles. The van der Waals surface area contributed by atoms with Crippen LogP contribution in [0.1, 0.15) is 15.9 Å². The number of anilines is 2. The van der Waals surface area contributed by atoms with Crippen LogP contribution in [0.4, 0.5) is 11.4 Å². The molecule has 29 heavy (non-hydrogen) atoms. The molecule has 0 spiro atoms. The van der Waals surface area contributed by atoms with Gasteiger partial charge in [0.1, 0.15) is 0 Å². The van der Waals surface area contributed by atoms with Crippen molar-refractivity contribution in [2.24, 2.45) is 0 Å². The number of nitrogens with zero attached hydrogens (tertiary/aromatic N) is 2. The Labute approximate surface area is 171 Å². The predicted octanol–water partition coefficient (Wildman–Crippen LogP) is 2.11. The van der Waals surface area contributed by atoms with Gasteiger partial charge in [-0.2, -0.15) is 0 Å². The summed E-state index contributed by atoms with van der Waals surface area (Å²) in [5.41, 5.74) is 2.26. The summed E-state index contributed by atoms with van der Waals surface area (Å²) in [4.78, 5) is 26.1. The molecule has 0 bridgehead atoms. The molecule has 0 heterocycles. The molecule has 0 unspecified atom stereocenters. The van der Waals surface area contributed by atoms with Crippen LogP contribution in [-0.2, 0) is 19.6 Å². The van der Waals surface area contributed by atoms with Crippen molar-refractivity contribution in [3.05, 3.63) is 53.6 Å². The van der Waals surface area contributed by atoms with Crippen LogP contribution in [0.15, 0.2) is 47.4 Å². The maximum absolute atomic E-state index is 12.4. The van der Waals surface area contributed by atoms with Gasteiger partial charge in [0, 0.05) is 28.2 Å². The Hall–Kier alpha value is -2.91. The highest BCUT2D eigenvalue weighted by Crippen LogP contribution is 2.28. The Bertz CT molecular complexity index is 999. The molecule has 2 aromatic carbocycles. The number of rotatable bonds is 7. The maximum Gasteiger partial charge on any atom is 0.338 e. The van der Waals surface area contributed by atoms with Crippen LogP contribution in [0.25, 0.3) is 0 Å². The van der Waals surface area contributed by atoms with E-state index in [1.54, 1.807) is 49.3 Å². The summed E-state index contributed by atoms with van der Waals surface area (Å²) < 4.78 is 30.9. The van der Waals surface area contributed by atoms with Gasteiger partial charge in [0.05, 0.1) is 21.8 Å². The van der Waals surface area contributed by atoms with E-state index in [2.05, 4.69) is 5.32 Å². The highest BCUT2D eigenvalue weighted by Gasteiger charge is 2.20. The minimum absolute atomic E-state index is 0.0417. The standard InChI is InChI=1S/C20H25N3O5S/c1-14-6-8-15(9-7-14)20(25)28-13-19(24)21-17-12-16(29(26,27)23(4)5)10-11-18(17)22(2)3/h6-12H,13H2,1-5H3,(H,21,24). The van der Waals surface area contributed by atoms with E-state index in [9.17, 15) is 18.0 Å². The van der Waals surface area contributed by atoms with Crippen LogP contribution >= 0.6 is 0 Å². The lowest BCUT2D eigenvalue weighted by Gasteiger charge is -2.20. The number of carbonyl (C=O) groups excluding carboxylic acids is 2. The quantitative estimate of drug-likeness (QED) is 0.691. The second-order valence-corrected chi connectivity index (χ2v) is 9.00. The summed E-state index contributed by atoms with van der Waals surface area (Å²) in [5.74, 6) is -1.19. The summed E-state index contributed by atoms with van der Waals surface area (Å²) >= 11 is 0. The second-order valence-electron chi connectivity index (χ2n) is 6.85. The first-order chi connectivity index (χ1) is 13.5. The summed E-state index contributed by atoms with van der Waals surface area (Å²) in [6.45, 7) is 1.40. The molecular formula is C20H25N3O5S. The number of ether oxygens (including phenoxy) is 1. The van der Waals surface area contributed by atoms with Gasteiger partial charge in [0.25, 0.3) is 5.91 Å². The molecule has 0 fully saturated rings. The van der Waals surface area contributed by atoms with Crippen molar-refractivity contribution in [3.8, 4) is 0 Å². The lowest BCUT2D eigenvalue weighted by molar-refractivity contribution is -0.119. The SMILES string of the molecule is Cc1ccc(C(=O)OCC(=O)Nc2cc(S(=O)(=O)N(C)C)ccc2N(C)C)cc1. The van der Waals surface area contributed by atoms with Crippen molar-refractivity contribution < 1.29 is 22.7 Å². The van der Waals surface area contributed by atoms with Crippen molar-refractivity contribution in [1.29, 1.82) is 0 Å². The number of esters is 1. The van der Waals surface area contributed by atoms with Crippen LogP contribution in [0.5, 0.6) is 0 Å². The molecule has 0 aliphatic rings. The van der Waals surface area contributed by atoms with Crippen LogP contribution in [-0.4, -0.2) is 59.4 Å². The molecule has 2 aromatic rings. The highest BCUT2D eigenvalue weighted by molar-refractivity contribution is 7.89. The third-order valence-electron chi connectivity index (χ3n) is 4.12. The van der Waals surface area contributed by atoms with Crippen LogP contribution in [0.2, 0.25) is 0 Å². The fourth-order valence-electron chi connectivity index (χ4n) is 2.47. The molecule has 0 aliphatic heterocycles. The van der Waals surface area contributed by atoms with Gasteiger partial charge in [-0.25, -0.2) is 17.5 Å². The van der Waals surface area contributed by atoms with Gasteiger partial charge in [-0.05, 0) is 37.3 Å². The zero-order chi connectivity index (χ0) is 21.8. The van der Waals surface area contributed by atoms with Gasteiger partial charge >= 0.3 is 5.97 Å². The summed E-state index contributed by atoms with van der Waals surface area (Å²) in [7, 11) is 2.73. The van der Waals surface area contributed by atoms with Crippen molar-refractivity contribution in [3.63, 3.8) is 0 Å². The van der Waals surface area contributed by atoms with Gasteiger partial charge in [-0.15, -0.1) is 0 Å². The van der Waals surface area contributed by atoms with E-state index in [1.807, 2.05) is 6.92 Å². The van der Waals surface area contributed by atoms with Gasteiger partial charge in [0.2, 0.25) is 10.0 Å². The summed E-state index contributed by atoms with van der Waals surface area (Å²) in [5, 5.41) is 2.62. The molecule has 1 N–H and O–H groups in total. The number of carbonyl (C=O) groups is 2. The minimum atomic E-state index is -3.66. The minimum Gasteiger partial charge on any atom is -0.452 e. The topological polar surface area (TPSA) is 96.0 Å². The van der Waals surface area contributed by atoms with Crippen molar-refractivity contribution in [2.45, 2.75) is 11.8 Å². The first-order valence-electron chi connectivity index (χ1n) is 8.80. The molecular weight excluding hydrogens is 394 g/mol. The van der Waals surface area contributed by atoms with Gasteiger partial charge < -0.3 is 15.0 Å². The Balaban J connectivity index is 2.15. The number of nitrogens with one attached hydrogen (secondary N) is 1. The van der Waals surface area contributed by atoms with E-state index < -0.39 is 28.5 Å². The lowest BCUT2D eigenvalue weighted by atomic mass is 10.1. The fourth-order valence-corrected chi connectivity index (χ4v) is 3.40. The number of hydrogen-bond donors (Lipinski definition) is 1. The Morgan fingerprint density at radius 1 is 1.00 bits per heavy atom. The van der Waals surface area contributed by atoms with E-state index in [1.165, 1.54) is 26.2 Å². The summed E-state index contributed by atoms with van der Waals surface area (Å²) in [6, 6.07) is 11.2. The van der Waals surface area contributed by atoms with Crippen molar-refractivity contribution in [1.82, 2.24) is 4.31 Å². The predicted molar refractivity (Wildman–Crippen MR) is 112 cm³/mol. The molecule has 8 nitrogen and oxygen atoms in total. The van der Waals surface area contributed by atoms with E-state index in [0.29, 0.717) is 16.9 Å². The molecule has 9 heteroatoms.